The molecule has 0 saturated carbocycles. The minimum atomic E-state index is -1.16. The smallest absolute Gasteiger partial charge is 0.371 e. The Bertz CT molecular complexity index is 1190. The lowest BCUT2D eigenvalue weighted by Gasteiger charge is -2.09. The Morgan fingerprint density at radius 3 is 2.68 bits per heavy atom. The molecule has 0 spiro atoms. The summed E-state index contributed by atoms with van der Waals surface area (Å²) in [5.41, 5.74) is 1.46. The lowest BCUT2D eigenvalue weighted by atomic mass is 10.2. The van der Waals surface area contributed by atoms with Crippen molar-refractivity contribution in [1.29, 1.82) is 0 Å². The number of aromatic carboxylic acids is 1. The maximum atomic E-state index is 14.0. The largest absolute Gasteiger partial charge is 0.508 e. The highest BCUT2D eigenvalue weighted by atomic mass is 19.1. The molecule has 2 aromatic carbocycles. The first-order chi connectivity index (χ1) is 13.5. The summed E-state index contributed by atoms with van der Waals surface area (Å²) in [6, 6.07) is 12.5. The Morgan fingerprint density at radius 1 is 1.07 bits per heavy atom. The van der Waals surface area contributed by atoms with Crippen molar-refractivity contribution in [2.24, 2.45) is 0 Å². The molecule has 0 amide bonds. The van der Waals surface area contributed by atoms with Crippen molar-refractivity contribution in [2.75, 3.05) is 10.6 Å². The number of furan rings is 1. The van der Waals surface area contributed by atoms with Crippen molar-refractivity contribution >= 4 is 40.1 Å². The number of halogens is 1. The van der Waals surface area contributed by atoms with Gasteiger partial charge in [0.15, 0.2) is 11.6 Å². The van der Waals surface area contributed by atoms with Crippen molar-refractivity contribution in [3.63, 3.8) is 0 Å². The number of hydrogen-bond acceptors (Lipinski definition) is 7. The predicted molar refractivity (Wildman–Crippen MR) is 99.8 cm³/mol. The molecule has 28 heavy (non-hydrogen) atoms. The number of fused-ring (bicyclic) bond motifs is 1. The summed E-state index contributed by atoms with van der Waals surface area (Å²) in [6.07, 6.45) is 1.01. The fraction of sp³-hybridized carbons (Fsp3) is 0. The van der Waals surface area contributed by atoms with Crippen LogP contribution in [0.3, 0.4) is 0 Å². The molecule has 4 N–H and O–H groups in total. The van der Waals surface area contributed by atoms with Gasteiger partial charge in [0.1, 0.15) is 11.3 Å². The molecule has 0 bridgehead atoms. The van der Waals surface area contributed by atoms with Gasteiger partial charge >= 0.3 is 5.97 Å². The van der Waals surface area contributed by atoms with Gasteiger partial charge < -0.3 is 25.3 Å². The third kappa shape index (κ3) is 3.54. The van der Waals surface area contributed by atoms with E-state index in [4.69, 9.17) is 9.52 Å². The van der Waals surface area contributed by atoms with Gasteiger partial charge in [-0.25, -0.2) is 14.2 Å². The SMILES string of the molecule is O=C(O)c1cc2cc(Nc3ncc(F)c(Nc4cccc(O)c4)n3)ccc2o1. The van der Waals surface area contributed by atoms with Gasteiger partial charge in [-0.15, -0.1) is 0 Å². The Balaban J connectivity index is 1.59. The Hall–Kier alpha value is -4.14. The highest BCUT2D eigenvalue weighted by Crippen LogP contribution is 2.26. The van der Waals surface area contributed by atoms with Crippen LogP contribution in [0, 0.1) is 5.82 Å². The molecule has 0 unspecified atom stereocenters. The summed E-state index contributed by atoms with van der Waals surface area (Å²) in [6.45, 7) is 0. The van der Waals surface area contributed by atoms with E-state index in [-0.39, 0.29) is 23.3 Å². The molecule has 0 radical (unpaired) electrons. The van der Waals surface area contributed by atoms with Crippen LogP contribution in [0.1, 0.15) is 10.6 Å². The molecule has 2 heterocycles. The van der Waals surface area contributed by atoms with Crippen LogP contribution in [0.5, 0.6) is 5.75 Å². The number of nitrogens with zero attached hydrogens (tertiary/aromatic N) is 2. The highest BCUT2D eigenvalue weighted by molar-refractivity contribution is 5.92. The van der Waals surface area contributed by atoms with E-state index >= 15 is 0 Å². The second kappa shape index (κ2) is 6.88. The van der Waals surface area contributed by atoms with Gasteiger partial charge in [0.25, 0.3) is 0 Å². The van der Waals surface area contributed by atoms with Crippen LogP contribution < -0.4 is 10.6 Å². The first-order valence-electron chi connectivity index (χ1n) is 8.10. The monoisotopic (exact) mass is 380 g/mol. The zero-order valence-electron chi connectivity index (χ0n) is 14.2. The van der Waals surface area contributed by atoms with Crippen molar-refractivity contribution in [3.05, 3.63) is 66.3 Å². The summed E-state index contributed by atoms with van der Waals surface area (Å²) >= 11 is 0. The van der Waals surface area contributed by atoms with Crippen LogP contribution in [-0.4, -0.2) is 26.2 Å². The molecule has 8 nitrogen and oxygen atoms in total. The van der Waals surface area contributed by atoms with Gasteiger partial charge in [0.05, 0.1) is 6.20 Å². The molecule has 0 aliphatic rings. The van der Waals surface area contributed by atoms with Crippen molar-refractivity contribution in [2.45, 2.75) is 0 Å². The molecule has 4 rings (SSSR count). The third-order valence-electron chi connectivity index (χ3n) is 3.84. The van der Waals surface area contributed by atoms with Crippen LogP contribution in [0.15, 0.2) is 59.1 Å². The number of phenolic OH excluding ortho intramolecular Hbond substituents is 1. The second-order valence-corrected chi connectivity index (χ2v) is 5.86. The van der Waals surface area contributed by atoms with E-state index in [1.54, 1.807) is 30.3 Å². The summed E-state index contributed by atoms with van der Waals surface area (Å²) in [4.78, 5) is 19.0. The average molecular weight is 380 g/mol. The highest BCUT2D eigenvalue weighted by Gasteiger charge is 2.12. The first-order valence-corrected chi connectivity index (χ1v) is 8.10. The number of aromatic hydroxyl groups is 1. The summed E-state index contributed by atoms with van der Waals surface area (Å²) < 4.78 is 19.2. The quantitative estimate of drug-likeness (QED) is 0.405. The van der Waals surface area contributed by atoms with Gasteiger partial charge in [0, 0.05) is 22.8 Å². The molecule has 0 atom stereocenters. The standard InChI is InChI=1S/C19H13FN4O4/c20-14-9-21-19(24-17(14)22-11-2-1-3-13(25)8-11)23-12-4-5-15-10(6-12)7-16(28-15)18(26)27/h1-9,25H,(H,26,27)(H2,21,22,23,24). The van der Waals surface area contributed by atoms with Crippen LogP contribution in [0.4, 0.5) is 27.5 Å². The fourth-order valence-corrected chi connectivity index (χ4v) is 2.59. The lowest BCUT2D eigenvalue weighted by Crippen LogP contribution is -2.03. The van der Waals surface area contributed by atoms with Gasteiger partial charge in [-0.2, -0.15) is 4.98 Å². The van der Waals surface area contributed by atoms with E-state index in [9.17, 15) is 14.3 Å². The molecule has 0 fully saturated rings. The van der Waals surface area contributed by atoms with Crippen molar-refractivity contribution in [3.8, 4) is 5.75 Å². The molecule has 0 aliphatic carbocycles. The number of carboxylic acids is 1. The molecule has 0 saturated heterocycles. The number of phenols is 1. The third-order valence-corrected chi connectivity index (χ3v) is 3.84. The molecular formula is C19H13FN4O4. The Labute approximate surface area is 157 Å². The predicted octanol–water partition coefficient (Wildman–Crippen LogP) is 4.25. The van der Waals surface area contributed by atoms with E-state index in [1.165, 1.54) is 18.2 Å². The molecule has 140 valence electrons. The summed E-state index contributed by atoms with van der Waals surface area (Å²) in [5.74, 6) is -1.89. The van der Waals surface area contributed by atoms with Gasteiger partial charge in [-0.3, -0.25) is 0 Å². The molecule has 0 aliphatic heterocycles. The van der Waals surface area contributed by atoms with E-state index in [0.29, 0.717) is 22.3 Å². The summed E-state index contributed by atoms with van der Waals surface area (Å²) in [7, 11) is 0. The zero-order chi connectivity index (χ0) is 19.7. The van der Waals surface area contributed by atoms with Crippen LogP contribution in [-0.2, 0) is 0 Å². The van der Waals surface area contributed by atoms with E-state index in [0.717, 1.165) is 6.20 Å². The Morgan fingerprint density at radius 2 is 1.89 bits per heavy atom. The number of rotatable bonds is 5. The average Bonchev–Trinajstić information content (AvgIpc) is 3.08. The number of hydrogen-bond donors (Lipinski definition) is 4. The topological polar surface area (TPSA) is 121 Å². The molecule has 2 aromatic heterocycles. The minimum Gasteiger partial charge on any atom is -0.508 e. The van der Waals surface area contributed by atoms with Crippen molar-refractivity contribution < 1.29 is 23.8 Å². The first kappa shape index (κ1) is 17.3. The number of carboxylic acid groups (broad SMARTS) is 1. The minimum absolute atomic E-state index is 0.0342. The maximum Gasteiger partial charge on any atom is 0.371 e. The van der Waals surface area contributed by atoms with Gasteiger partial charge in [0.2, 0.25) is 11.7 Å². The number of benzene rings is 2. The van der Waals surface area contributed by atoms with E-state index in [1.807, 2.05) is 0 Å². The lowest BCUT2D eigenvalue weighted by molar-refractivity contribution is 0.0665. The number of aromatic nitrogens is 2. The van der Waals surface area contributed by atoms with Gasteiger partial charge in [-0.1, -0.05) is 6.07 Å². The van der Waals surface area contributed by atoms with Gasteiger partial charge in [-0.05, 0) is 36.4 Å². The zero-order valence-corrected chi connectivity index (χ0v) is 14.2. The number of anilines is 4. The van der Waals surface area contributed by atoms with E-state index < -0.39 is 11.8 Å². The second-order valence-electron chi connectivity index (χ2n) is 5.86. The molecule has 9 heteroatoms. The Kier molecular flexibility index (Phi) is 4.24. The molecular weight excluding hydrogens is 367 g/mol. The van der Waals surface area contributed by atoms with Crippen LogP contribution in [0.25, 0.3) is 11.0 Å². The van der Waals surface area contributed by atoms with Crippen molar-refractivity contribution in [1.82, 2.24) is 9.97 Å². The van der Waals surface area contributed by atoms with E-state index in [2.05, 4.69) is 20.6 Å². The van der Waals surface area contributed by atoms with Crippen LogP contribution in [0.2, 0.25) is 0 Å². The number of carbonyl (C=O) groups is 1. The van der Waals surface area contributed by atoms with Crippen LogP contribution >= 0.6 is 0 Å². The summed E-state index contributed by atoms with van der Waals surface area (Å²) in [5, 5.41) is 24.8. The maximum absolute atomic E-state index is 14.0. The fourth-order valence-electron chi connectivity index (χ4n) is 2.59. The number of nitrogens with one attached hydrogen (secondary N) is 2. The normalized spacial score (nSPS) is 10.8. The molecule has 4 aromatic rings.